The average Bonchev–Trinajstić information content (AvgIpc) is 2.51. The molecule has 0 aliphatic rings. The fourth-order valence-electron chi connectivity index (χ4n) is 2.71. The van der Waals surface area contributed by atoms with Crippen molar-refractivity contribution in [1.29, 1.82) is 0 Å². The van der Waals surface area contributed by atoms with Crippen LogP contribution in [-0.4, -0.2) is 18.5 Å². The van der Waals surface area contributed by atoms with Crippen molar-refractivity contribution >= 4 is 11.6 Å². The summed E-state index contributed by atoms with van der Waals surface area (Å²) < 4.78 is 0. The molecule has 2 rings (SSSR count). The second-order valence-corrected chi connectivity index (χ2v) is 5.78. The van der Waals surface area contributed by atoms with Gasteiger partial charge in [0.1, 0.15) is 0 Å². The first-order valence-corrected chi connectivity index (χ1v) is 7.76. The molecule has 0 spiro atoms. The van der Waals surface area contributed by atoms with E-state index in [1.807, 2.05) is 12.1 Å². The minimum absolute atomic E-state index is 0.233. The molecular formula is C18H23ClN2. The van der Waals surface area contributed by atoms with E-state index < -0.39 is 0 Å². The first-order valence-electron chi connectivity index (χ1n) is 7.38. The standard InChI is InChI=1S/C18H23ClN2/c1-3-15-6-4-5-7-17(15)18(12-20)21(2)13-14-8-10-16(19)11-9-14/h4-11,18H,3,12-13,20H2,1-2H3. The molecule has 0 amide bonds. The van der Waals surface area contributed by atoms with Crippen LogP contribution < -0.4 is 5.73 Å². The highest BCUT2D eigenvalue weighted by Crippen LogP contribution is 2.24. The van der Waals surface area contributed by atoms with Crippen LogP contribution in [0.1, 0.15) is 29.7 Å². The molecule has 2 nitrogen and oxygen atoms in total. The predicted molar refractivity (Wildman–Crippen MR) is 90.5 cm³/mol. The summed E-state index contributed by atoms with van der Waals surface area (Å²) in [6.45, 7) is 3.66. The lowest BCUT2D eigenvalue weighted by Gasteiger charge is -2.29. The van der Waals surface area contributed by atoms with Crippen molar-refractivity contribution in [3.8, 4) is 0 Å². The molecule has 0 aliphatic carbocycles. The molecule has 0 saturated heterocycles. The Morgan fingerprint density at radius 2 is 1.76 bits per heavy atom. The van der Waals surface area contributed by atoms with Gasteiger partial charge >= 0.3 is 0 Å². The second-order valence-electron chi connectivity index (χ2n) is 5.35. The van der Waals surface area contributed by atoms with Gasteiger partial charge in [0.25, 0.3) is 0 Å². The molecule has 2 N–H and O–H groups in total. The van der Waals surface area contributed by atoms with E-state index in [1.54, 1.807) is 0 Å². The van der Waals surface area contributed by atoms with Crippen LogP contribution in [0.3, 0.4) is 0 Å². The lowest BCUT2D eigenvalue weighted by molar-refractivity contribution is 0.241. The highest BCUT2D eigenvalue weighted by Gasteiger charge is 2.17. The Hall–Kier alpha value is -1.35. The topological polar surface area (TPSA) is 29.3 Å². The van der Waals surface area contributed by atoms with Crippen LogP contribution in [0.2, 0.25) is 5.02 Å². The van der Waals surface area contributed by atoms with Crippen molar-refractivity contribution in [1.82, 2.24) is 4.90 Å². The molecule has 0 radical (unpaired) electrons. The first-order chi connectivity index (χ1) is 10.2. The summed E-state index contributed by atoms with van der Waals surface area (Å²) in [5.74, 6) is 0. The van der Waals surface area contributed by atoms with Crippen molar-refractivity contribution < 1.29 is 0 Å². The lowest BCUT2D eigenvalue weighted by Crippen LogP contribution is -2.30. The predicted octanol–water partition coefficient (Wildman–Crippen LogP) is 4.03. The van der Waals surface area contributed by atoms with Crippen LogP contribution in [-0.2, 0) is 13.0 Å². The molecule has 2 aromatic rings. The first kappa shape index (κ1) is 16.0. The Balaban J connectivity index is 2.18. The van der Waals surface area contributed by atoms with E-state index in [0.29, 0.717) is 6.54 Å². The third-order valence-corrected chi connectivity index (χ3v) is 4.15. The number of aryl methyl sites for hydroxylation is 1. The zero-order valence-electron chi connectivity index (χ0n) is 12.7. The van der Waals surface area contributed by atoms with Gasteiger partial charge in [-0.3, -0.25) is 4.90 Å². The molecule has 21 heavy (non-hydrogen) atoms. The third kappa shape index (κ3) is 4.07. The summed E-state index contributed by atoms with van der Waals surface area (Å²) in [6, 6.07) is 16.8. The largest absolute Gasteiger partial charge is 0.329 e. The molecule has 112 valence electrons. The summed E-state index contributed by atoms with van der Waals surface area (Å²) in [7, 11) is 2.12. The number of rotatable bonds is 6. The van der Waals surface area contributed by atoms with Crippen LogP contribution in [0.4, 0.5) is 0 Å². The van der Waals surface area contributed by atoms with Gasteiger partial charge in [0.2, 0.25) is 0 Å². The van der Waals surface area contributed by atoms with Crippen LogP contribution >= 0.6 is 11.6 Å². The molecule has 1 atom stereocenters. The third-order valence-electron chi connectivity index (χ3n) is 3.90. The van der Waals surface area contributed by atoms with Gasteiger partial charge in [0, 0.05) is 24.2 Å². The molecule has 0 saturated carbocycles. The van der Waals surface area contributed by atoms with Gasteiger partial charge in [-0.05, 0) is 42.3 Å². The maximum atomic E-state index is 6.04. The van der Waals surface area contributed by atoms with Crippen molar-refractivity contribution in [3.63, 3.8) is 0 Å². The van der Waals surface area contributed by atoms with Crippen molar-refractivity contribution in [2.45, 2.75) is 25.9 Å². The molecule has 2 aromatic carbocycles. The molecule has 0 fully saturated rings. The van der Waals surface area contributed by atoms with Gasteiger partial charge in [-0.15, -0.1) is 0 Å². The van der Waals surface area contributed by atoms with E-state index in [0.717, 1.165) is 18.0 Å². The molecule has 0 aromatic heterocycles. The fourth-order valence-corrected chi connectivity index (χ4v) is 2.84. The second kappa shape index (κ2) is 7.60. The quantitative estimate of drug-likeness (QED) is 0.873. The Morgan fingerprint density at radius 1 is 1.10 bits per heavy atom. The van der Waals surface area contributed by atoms with Crippen LogP contribution in [0.15, 0.2) is 48.5 Å². The average molecular weight is 303 g/mol. The van der Waals surface area contributed by atoms with Gasteiger partial charge < -0.3 is 5.73 Å². The van der Waals surface area contributed by atoms with Gasteiger partial charge in [-0.2, -0.15) is 0 Å². The van der Waals surface area contributed by atoms with Crippen LogP contribution in [0.5, 0.6) is 0 Å². The molecule has 0 aliphatic heterocycles. The van der Waals surface area contributed by atoms with E-state index in [4.69, 9.17) is 17.3 Å². The van der Waals surface area contributed by atoms with Crippen molar-refractivity contribution in [3.05, 3.63) is 70.2 Å². The zero-order valence-corrected chi connectivity index (χ0v) is 13.5. The van der Waals surface area contributed by atoms with Gasteiger partial charge in [0.05, 0.1) is 0 Å². The Kier molecular flexibility index (Phi) is 5.80. The molecule has 0 heterocycles. The summed E-state index contributed by atoms with van der Waals surface area (Å²) in [4.78, 5) is 2.30. The van der Waals surface area contributed by atoms with Crippen LogP contribution in [0.25, 0.3) is 0 Å². The summed E-state index contributed by atoms with van der Waals surface area (Å²) in [5.41, 5.74) is 9.99. The Morgan fingerprint density at radius 3 is 2.38 bits per heavy atom. The molecule has 3 heteroatoms. The summed E-state index contributed by atoms with van der Waals surface area (Å²) in [6.07, 6.45) is 1.03. The molecule has 0 bridgehead atoms. The number of nitrogens with two attached hydrogens (primary N) is 1. The SMILES string of the molecule is CCc1ccccc1C(CN)N(C)Cc1ccc(Cl)cc1. The number of nitrogens with zero attached hydrogens (tertiary/aromatic N) is 1. The minimum atomic E-state index is 0.233. The van der Waals surface area contributed by atoms with Gasteiger partial charge in [-0.1, -0.05) is 54.9 Å². The Bertz CT molecular complexity index is 566. The maximum Gasteiger partial charge on any atom is 0.0473 e. The summed E-state index contributed by atoms with van der Waals surface area (Å²) in [5, 5.41) is 0.771. The highest BCUT2D eigenvalue weighted by atomic mass is 35.5. The minimum Gasteiger partial charge on any atom is -0.329 e. The van der Waals surface area contributed by atoms with Crippen molar-refractivity contribution in [2.24, 2.45) is 5.73 Å². The number of hydrogen-bond acceptors (Lipinski definition) is 2. The molecule has 1 unspecified atom stereocenters. The fraction of sp³-hybridized carbons (Fsp3) is 0.333. The van der Waals surface area contributed by atoms with E-state index in [9.17, 15) is 0 Å². The normalized spacial score (nSPS) is 12.6. The van der Waals surface area contributed by atoms with Gasteiger partial charge in [0.15, 0.2) is 0 Å². The maximum absolute atomic E-state index is 6.04. The number of hydrogen-bond donors (Lipinski definition) is 1. The number of benzene rings is 2. The van der Waals surface area contributed by atoms with Crippen molar-refractivity contribution in [2.75, 3.05) is 13.6 Å². The highest BCUT2D eigenvalue weighted by molar-refractivity contribution is 6.30. The van der Waals surface area contributed by atoms with E-state index in [1.165, 1.54) is 16.7 Å². The van der Waals surface area contributed by atoms with E-state index >= 15 is 0 Å². The van der Waals surface area contributed by atoms with E-state index in [-0.39, 0.29) is 6.04 Å². The Labute approximate surface area is 132 Å². The van der Waals surface area contributed by atoms with Gasteiger partial charge in [-0.25, -0.2) is 0 Å². The van der Waals surface area contributed by atoms with Crippen LogP contribution in [0, 0.1) is 0 Å². The summed E-state index contributed by atoms with van der Waals surface area (Å²) >= 11 is 5.94. The smallest absolute Gasteiger partial charge is 0.0473 e. The van der Waals surface area contributed by atoms with E-state index in [2.05, 4.69) is 55.3 Å². The lowest BCUT2D eigenvalue weighted by atomic mass is 9.97. The monoisotopic (exact) mass is 302 g/mol. The number of likely N-dealkylation sites (N-methyl/N-ethyl adjacent to an activating group) is 1. The molecular weight excluding hydrogens is 280 g/mol. The zero-order chi connectivity index (χ0) is 15.2. The number of halogens is 1.